The predicted molar refractivity (Wildman–Crippen MR) is 88.3 cm³/mol. The molecule has 0 bridgehead atoms. The number of rotatable bonds is 0. The van der Waals surface area contributed by atoms with Crippen LogP contribution in [-0.2, 0) is 4.79 Å². The Balaban J connectivity index is 0.00000144. The summed E-state index contributed by atoms with van der Waals surface area (Å²) in [7, 11) is 0. The van der Waals surface area contributed by atoms with Gasteiger partial charge in [-0.1, -0.05) is 21.3 Å². The first-order valence-corrected chi connectivity index (χ1v) is 8.92. The lowest BCUT2D eigenvalue weighted by atomic mass is 9.47. The molecule has 1 heterocycles. The van der Waals surface area contributed by atoms with Crippen LogP contribution in [0.4, 0.5) is 0 Å². The topological polar surface area (TPSA) is 49.3 Å². The van der Waals surface area contributed by atoms with Crippen LogP contribution in [0.2, 0.25) is 0 Å². The molecule has 4 fully saturated rings. The molecule has 1 amide bonds. The maximum absolute atomic E-state index is 11.8. The summed E-state index contributed by atoms with van der Waals surface area (Å²) in [6.45, 7) is 4.77. The Morgan fingerprint density at radius 3 is 2.50 bits per heavy atom. The van der Waals surface area contributed by atoms with Crippen LogP contribution in [0, 0.1) is 28.6 Å². The Morgan fingerprint density at radius 1 is 1.00 bits per heavy atom. The Labute approximate surface area is 135 Å². The van der Waals surface area contributed by atoms with Gasteiger partial charge in [0.25, 0.3) is 0 Å². The van der Waals surface area contributed by atoms with Crippen LogP contribution in [0.1, 0.15) is 72.6 Å². The molecule has 3 aliphatic carbocycles. The standard InChI is InChI=1S/C18H29NO2.CH4/c1-17-10-8-16(21)19-14(17)5-3-11-12-4-6-15(20)18(12,2)9-7-13(11)17;/h11-15,20H,3-10H2,1-2H3,(H,19,21);1H4/t11?,12?,13?,14?,15-,17?,18?;/m0./s1. The maximum atomic E-state index is 11.8. The molecule has 22 heavy (non-hydrogen) atoms. The van der Waals surface area contributed by atoms with Crippen molar-refractivity contribution in [3.05, 3.63) is 0 Å². The predicted octanol–water partition coefficient (Wildman–Crippen LogP) is 3.50. The molecule has 7 atom stereocenters. The van der Waals surface area contributed by atoms with Gasteiger partial charge in [-0.15, -0.1) is 0 Å². The number of aliphatic hydroxyl groups excluding tert-OH is 1. The summed E-state index contributed by atoms with van der Waals surface area (Å²) in [4.78, 5) is 11.8. The summed E-state index contributed by atoms with van der Waals surface area (Å²) in [5.41, 5.74) is 0.466. The first kappa shape index (κ1) is 16.3. The van der Waals surface area contributed by atoms with Gasteiger partial charge in [0.15, 0.2) is 0 Å². The molecule has 0 aromatic heterocycles. The molecule has 0 radical (unpaired) electrons. The summed E-state index contributed by atoms with van der Waals surface area (Å²) in [6, 6.07) is 0.399. The number of hydrogen-bond acceptors (Lipinski definition) is 2. The summed E-state index contributed by atoms with van der Waals surface area (Å²) in [5.74, 6) is 2.49. The second-order valence-corrected chi connectivity index (χ2v) is 8.72. The molecular formula is C19H33NO2. The number of carbonyl (C=O) groups excluding carboxylic acids is 1. The minimum atomic E-state index is -0.0833. The first-order chi connectivity index (χ1) is 9.95. The van der Waals surface area contributed by atoms with Gasteiger partial charge in [0, 0.05) is 12.5 Å². The van der Waals surface area contributed by atoms with Gasteiger partial charge in [0.05, 0.1) is 6.10 Å². The average Bonchev–Trinajstić information content (AvgIpc) is 2.76. The second-order valence-electron chi connectivity index (χ2n) is 8.72. The van der Waals surface area contributed by atoms with E-state index < -0.39 is 0 Å². The highest BCUT2D eigenvalue weighted by atomic mass is 16.3. The zero-order valence-electron chi connectivity index (χ0n) is 13.4. The fourth-order valence-electron chi connectivity index (χ4n) is 6.67. The quantitative estimate of drug-likeness (QED) is 0.719. The van der Waals surface area contributed by atoms with Gasteiger partial charge >= 0.3 is 0 Å². The normalized spacial score (nSPS) is 53.6. The van der Waals surface area contributed by atoms with Gasteiger partial charge in [-0.3, -0.25) is 4.79 Å². The van der Waals surface area contributed by atoms with Crippen LogP contribution < -0.4 is 5.32 Å². The zero-order chi connectivity index (χ0) is 14.8. The van der Waals surface area contributed by atoms with Crippen molar-refractivity contribution in [2.75, 3.05) is 0 Å². The number of fused-ring (bicyclic) bond motifs is 5. The number of amides is 1. The largest absolute Gasteiger partial charge is 0.393 e. The molecule has 2 N–H and O–H groups in total. The second kappa shape index (κ2) is 5.22. The third-order valence-electron chi connectivity index (χ3n) is 8.04. The van der Waals surface area contributed by atoms with E-state index in [-0.39, 0.29) is 24.9 Å². The lowest BCUT2D eigenvalue weighted by Crippen LogP contribution is -2.61. The van der Waals surface area contributed by atoms with E-state index in [4.69, 9.17) is 0 Å². The van der Waals surface area contributed by atoms with Crippen molar-refractivity contribution in [3.63, 3.8) is 0 Å². The molecule has 4 aliphatic rings. The van der Waals surface area contributed by atoms with Crippen LogP contribution in [0.5, 0.6) is 0 Å². The summed E-state index contributed by atoms with van der Waals surface area (Å²) >= 11 is 0. The molecular weight excluding hydrogens is 274 g/mol. The highest BCUT2D eigenvalue weighted by molar-refractivity contribution is 5.77. The third kappa shape index (κ3) is 2.00. The maximum Gasteiger partial charge on any atom is 0.220 e. The van der Waals surface area contributed by atoms with E-state index in [1.165, 1.54) is 25.7 Å². The van der Waals surface area contributed by atoms with Crippen molar-refractivity contribution in [2.24, 2.45) is 28.6 Å². The number of aliphatic hydroxyl groups is 1. The van der Waals surface area contributed by atoms with Crippen molar-refractivity contribution in [2.45, 2.75) is 84.8 Å². The zero-order valence-corrected chi connectivity index (χ0v) is 13.4. The minimum Gasteiger partial charge on any atom is -0.393 e. The van der Waals surface area contributed by atoms with E-state index in [1.807, 2.05) is 0 Å². The molecule has 1 aliphatic heterocycles. The van der Waals surface area contributed by atoms with Gasteiger partial charge in [0.2, 0.25) is 5.91 Å². The van der Waals surface area contributed by atoms with Crippen molar-refractivity contribution in [3.8, 4) is 0 Å². The smallest absolute Gasteiger partial charge is 0.220 e. The van der Waals surface area contributed by atoms with Crippen LogP contribution in [0.15, 0.2) is 0 Å². The highest BCUT2D eigenvalue weighted by Crippen LogP contribution is 2.63. The number of nitrogens with one attached hydrogen (secondary N) is 1. The van der Waals surface area contributed by atoms with Gasteiger partial charge in [-0.05, 0) is 73.5 Å². The highest BCUT2D eigenvalue weighted by Gasteiger charge is 2.60. The van der Waals surface area contributed by atoms with Gasteiger partial charge in [0.1, 0.15) is 0 Å². The first-order valence-electron chi connectivity index (χ1n) is 8.92. The number of piperidine rings is 1. The molecule has 0 aromatic carbocycles. The fraction of sp³-hybridized carbons (Fsp3) is 0.947. The molecule has 126 valence electrons. The molecule has 1 saturated heterocycles. The summed E-state index contributed by atoms with van der Waals surface area (Å²) in [6.07, 6.45) is 8.72. The number of carbonyl (C=O) groups is 1. The van der Waals surface area contributed by atoms with Gasteiger partial charge in [-0.2, -0.15) is 0 Å². The van der Waals surface area contributed by atoms with E-state index in [0.29, 0.717) is 23.8 Å². The minimum absolute atomic E-state index is 0. The van der Waals surface area contributed by atoms with E-state index >= 15 is 0 Å². The van der Waals surface area contributed by atoms with E-state index in [0.717, 1.165) is 31.1 Å². The Hall–Kier alpha value is -0.570. The molecule has 6 unspecified atom stereocenters. The van der Waals surface area contributed by atoms with Crippen molar-refractivity contribution >= 4 is 5.91 Å². The van der Waals surface area contributed by atoms with E-state index in [2.05, 4.69) is 19.2 Å². The Bertz CT molecular complexity index is 464. The third-order valence-corrected chi connectivity index (χ3v) is 8.04. The Morgan fingerprint density at radius 2 is 1.73 bits per heavy atom. The summed E-state index contributed by atoms with van der Waals surface area (Å²) in [5, 5.41) is 13.7. The van der Waals surface area contributed by atoms with Crippen LogP contribution in [0.25, 0.3) is 0 Å². The molecule has 3 saturated carbocycles. The monoisotopic (exact) mass is 307 g/mol. The van der Waals surface area contributed by atoms with Gasteiger partial charge in [-0.25, -0.2) is 0 Å². The van der Waals surface area contributed by atoms with E-state index in [9.17, 15) is 9.90 Å². The molecule has 0 spiro atoms. The molecule has 3 nitrogen and oxygen atoms in total. The van der Waals surface area contributed by atoms with E-state index in [1.54, 1.807) is 0 Å². The van der Waals surface area contributed by atoms with Crippen LogP contribution >= 0.6 is 0 Å². The van der Waals surface area contributed by atoms with Crippen molar-refractivity contribution in [1.82, 2.24) is 5.32 Å². The fourth-order valence-corrected chi connectivity index (χ4v) is 6.67. The van der Waals surface area contributed by atoms with Crippen molar-refractivity contribution < 1.29 is 9.90 Å². The summed E-state index contributed by atoms with van der Waals surface area (Å²) < 4.78 is 0. The van der Waals surface area contributed by atoms with Crippen LogP contribution in [0.3, 0.4) is 0 Å². The average molecular weight is 307 g/mol. The van der Waals surface area contributed by atoms with Gasteiger partial charge < -0.3 is 10.4 Å². The van der Waals surface area contributed by atoms with Crippen LogP contribution in [-0.4, -0.2) is 23.2 Å². The molecule has 3 heteroatoms. The molecule has 4 rings (SSSR count). The van der Waals surface area contributed by atoms with Crippen molar-refractivity contribution in [1.29, 1.82) is 0 Å². The molecule has 0 aromatic rings. The number of hydrogen-bond donors (Lipinski definition) is 2. The Kier molecular flexibility index (Phi) is 3.87. The lowest BCUT2D eigenvalue weighted by Gasteiger charge is -2.59. The SMILES string of the molecule is C.CC12CCC(=O)NC1CCC1C2CCC2(C)C1CC[C@@H]2O. The lowest BCUT2D eigenvalue weighted by molar-refractivity contribution is -0.138.